The molecule has 2 amide bonds. The predicted molar refractivity (Wildman–Crippen MR) is 89.6 cm³/mol. The molecule has 1 saturated heterocycles. The molecule has 0 saturated carbocycles. The van der Waals surface area contributed by atoms with Crippen LogP contribution in [0.5, 0.6) is 5.75 Å². The van der Waals surface area contributed by atoms with Crippen LogP contribution in [0.25, 0.3) is 0 Å². The average Bonchev–Trinajstić information content (AvgIpc) is 2.91. The molecule has 0 unspecified atom stereocenters. The zero-order valence-electron chi connectivity index (χ0n) is 13.6. The van der Waals surface area contributed by atoms with E-state index in [-0.39, 0.29) is 11.8 Å². The number of ether oxygens (including phenoxy) is 1. The Kier molecular flexibility index (Phi) is 5.88. The number of rotatable bonds is 7. The molecule has 6 heteroatoms. The summed E-state index contributed by atoms with van der Waals surface area (Å²) in [5.41, 5.74) is -0.975. The largest absolute Gasteiger partial charge is 0.478 e. The Morgan fingerprint density at radius 3 is 2.65 bits per heavy atom. The number of amides is 2. The van der Waals surface area contributed by atoms with Gasteiger partial charge >= 0.3 is 0 Å². The lowest BCUT2D eigenvalue weighted by Crippen LogP contribution is -2.47. The third kappa shape index (κ3) is 5.13. The summed E-state index contributed by atoms with van der Waals surface area (Å²) < 4.78 is 5.73. The molecule has 0 aliphatic carbocycles. The molecule has 126 valence electrons. The van der Waals surface area contributed by atoms with Crippen LogP contribution in [0.3, 0.4) is 0 Å². The summed E-state index contributed by atoms with van der Waals surface area (Å²) in [5.74, 6) is 0.625. The van der Waals surface area contributed by atoms with Gasteiger partial charge < -0.3 is 15.0 Å². The zero-order chi connectivity index (χ0) is 16.9. The minimum absolute atomic E-state index is 0.180. The van der Waals surface area contributed by atoms with E-state index in [1.54, 1.807) is 38.1 Å². The molecule has 0 bridgehead atoms. The van der Waals surface area contributed by atoms with Crippen LogP contribution in [0.4, 0.5) is 0 Å². The molecule has 1 aliphatic rings. The van der Waals surface area contributed by atoms with Crippen LogP contribution in [0.15, 0.2) is 24.3 Å². The van der Waals surface area contributed by atoms with Gasteiger partial charge in [0.05, 0.1) is 0 Å². The first-order valence-corrected chi connectivity index (χ1v) is 8.27. The van der Waals surface area contributed by atoms with Crippen LogP contribution >= 0.6 is 11.6 Å². The number of carbonyl (C=O) groups is 2. The Labute approximate surface area is 141 Å². The summed E-state index contributed by atoms with van der Waals surface area (Å²) in [6.07, 6.45) is 2.33. The Bertz CT molecular complexity index is 557. The van der Waals surface area contributed by atoms with E-state index < -0.39 is 5.60 Å². The normalized spacial score (nSPS) is 14.9. The monoisotopic (exact) mass is 338 g/mol. The minimum Gasteiger partial charge on any atom is -0.478 e. The maximum atomic E-state index is 12.3. The van der Waals surface area contributed by atoms with Crippen molar-refractivity contribution in [1.82, 2.24) is 10.2 Å². The van der Waals surface area contributed by atoms with Crippen molar-refractivity contribution in [2.45, 2.75) is 38.7 Å². The number of halogens is 1. The van der Waals surface area contributed by atoms with Crippen molar-refractivity contribution >= 4 is 23.4 Å². The lowest BCUT2D eigenvalue weighted by Gasteiger charge is -2.25. The molecule has 1 aromatic rings. The fraction of sp³-hybridized carbons (Fsp3) is 0.529. The van der Waals surface area contributed by atoms with Crippen LogP contribution in [0, 0.1) is 0 Å². The van der Waals surface area contributed by atoms with E-state index in [1.807, 2.05) is 4.90 Å². The highest BCUT2D eigenvalue weighted by molar-refractivity contribution is 6.30. The van der Waals surface area contributed by atoms with Gasteiger partial charge in [-0.3, -0.25) is 9.59 Å². The Hall–Kier alpha value is -1.75. The van der Waals surface area contributed by atoms with Crippen molar-refractivity contribution in [3.05, 3.63) is 29.3 Å². The Balaban J connectivity index is 1.74. The molecule has 23 heavy (non-hydrogen) atoms. The molecule has 1 fully saturated rings. The lowest BCUT2D eigenvalue weighted by atomic mass is 10.1. The quantitative estimate of drug-likeness (QED) is 0.777. The second-order valence-corrected chi connectivity index (χ2v) is 6.60. The molecule has 0 spiro atoms. The predicted octanol–water partition coefficient (Wildman–Crippen LogP) is 2.63. The van der Waals surface area contributed by atoms with Crippen molar-refractivity contribution in [3.63, 3.8) is 0 Å². The highest BCUT2D eigenvalue weighted by atomic mass is 35.5. The number of benzene rings is 1. The molecular formula is C17H23ClN2O3. The third-order valence-electron chi connectivity index (χ3n) is 3.80. The summed E-state index contributed by atoms with van der Waals surface area (Å²) >= 11 is 5.83. The minimum atomic E-state index is -0.975. The molecule has 0 atom stereocenters. The van der Waals surface area contributed by atoms with Crippen molar-refractivity contribution in [2.75, 3.05) is 19.6 Å². The summed E-state index contributed by atoms with van der Waals surface area (Å²) in [4.78, 5) is 25.6. The van der Waals surface area contributed by atoms with Crippen molar-refractivity contribution in [2.24, 2.45) is 0 Å². The van der Waals surface area contributed by atoms with Crippen molar-refractivity contribution in [1.29, 1.82) is 0 Å². The fourth-order valence-corrected chi connectivity index (χ4v) is 2.59. The van der Waals surface area contributed by atoms with E-state index in [4.69, 9.17) is 16.3 Å². The first-order chi connectivity index (χ1) is 10.9. The average molecular weight is 339 g/mol. The van der Waals surface area contributed by atoms with Gasteiger partial charge in [0.25, 0.3) is 5.91 Å². The van der Waals surface area contributed by atoms with E-state index in [0.717, 1.165) is 19.4 Å². The fourth-order valence-electron chi connectivity index (χ4n) is 2.47. The molecular weight excluding hydrogens is 316 g/mol. The molecule has 2 rings (SSSR count). The molecule has 5 nitrogen and oxygen atoms in total. The summed E-state index contributed by atoms with van der Waals surface area (Å²) in [6, 6.07) is 6.91. The van der Waals surface area contributed by atoms with Gasteiger partial charge in [0, 0.05) is 31.1 Å². The molecule has 1 aliphatic heterocycles. The van der Waals surface area contributed by atoms with Gasteiger partial charge in [-0.25, -0.2) is 0 Å². The topological polar surface area (TPSA) is 58.6 Å². The smallest absolute Gasteiger partial charge is 0.263 e. The van der Waals surface area contributed by atoms with E-state index in [9.17, 15) is 9.59 Å². The van der Waals surface area contributed by atoms with E-state index in [2.05, 4.69) is 5.32 Å². The van der Waals surface area contributed by atoms with E-state index >= 15 is 0 Å². The zero-order valence-corrected chi connectivity index (χ0v) is 14.4. The van der Waals surface area contributed by atoms with Crippen LogP contribution in [-0.2, 0) is 9.59 Å². The van der Waals surface area contributed by atoms with Gasteiger partial charge in [0.2, 0.25) is 5.91 Å². The standard InChI is InChI=1S/C17H23ClN2O3/c1-17(2,23-14-8-6-13(18)7-9-14)16(22)19-10-4-12-20-11-3-5-15(20)21/h6-9H,3-5,10-12H2,1-2H3,(H,19,22). The SMILES string of the molecule is CC(C)(Oc1ccc(Cl)cc1)C(=O)NCCCN1CCCC1=O. The summed E-state index contributed by atoms with van der Waals surface area (Å²) in [6.45, 7) is 5.49. The first-order valence-electron chi connectivity index (χ1n) is 7.89. The van der Waals surface area contributed by atoms with E-state index in [0.29, 0.717) is 30.3 Å². The van der Waals surface area contributed by atoms with Gasteiger partial charge in [0.15, 0.2) is 5.60 Å². The molecule has 1 N–H and O–H groups in total. The Morgan fingerprint density at radius 1 is 1.35 bits per heavy atom. The number of carbonyl (C=O) groups excluding carboxylic acids is 2. The van der Waals surface area contributed by atoms with Crippen LogP contribution in [-0.4, -0.2) is 41.9 Å². The molecule has 1 heterocycles. The second kappa shape index (κ2) is 7.68. The number of nitrogens with one attached hydrogen (secondary N) is 1. The maximum absolute atomic E-state index is 12.3. The maximum Gasteiger partial charge on any atom is 0.263 e. The first kappa shape index (κ1) is 17.6. The van der Waals surface area contributed by atoms with Gasteiger partial charge in [0.1, 0.15) is 5.75 Å². The van der Waals surface area contributed by atoms with Crippen molar-refractivity contribution in [3.8, 4) is 5.75 Å². The summed E-state index contributed by atoms with van der Waals surface area (Å²) in [5, 5.41) is 3.49. The highest BCUT2D eigenvalue weighted by Gasteiger charge is 2.29. The lowest BCUT2D eigenvalue weighted by molar-refractivity contribution is -0.134. The molecule has 0 aromatic heterocycles. The Morgan fingerprint density at radius 2 is 2.04 bits per heavy atom. The van der Waals surface area contributed by atoms with Gasteiger partial charge in [-0.15, -0.1) is 0 Å². The molecule has 0 radical (unpaired) electrons. The van der Waals surface area contributed by atoms with Crippen LogP contribution in [0.1, 0.15) is 33.1 Å². The number of hydrogen-bond donors (Lipinski definition) is 1. The highest BCUT2D eigenvalue weighted by Crippen LogP contribution is 2.21. The second-order valence-electron chi connectivity index (χ2n) is 6.16. The van der Waals surface area contributed by atoms with Gasteiger partial charge in [-0.05, 0) is 51.0 Å². The van der Waals surface area contributed by atoms with Crippen molar-refractivity contribution < 1.29 is 14.3 Å². The van der Waals surface area contributed by atoms with Crippen LogP contribution in [0.2, 0.25) is 5.02 Å². The third-order valence-corrected chi connectivity index (χ3v) is 4.05. The van der Waals surface area contributed by atoms with E-state index in [1.165, 1.54) is 0 Å². The molecule has 1 aromatic carbocycles. The number of likely N-dealkylation sites (tertiary alicyclic amines) is 1. The number of hydrogen-bond acceptors (Lipinski definition) is 3. The number of nitrogens with zero attached hydrogens (tertiary/aromatic N) is 1. The van der Waals surface area contributed by atoms with Crippen LogP contribution < -0.4 is 10.1 Å². The van der Waals surface area contributed by atoms with Gasteiger partial charge in [-0.2, -0.15) is 0 Å². The summed E-state index contributed by atoms with van der Waals surface area (Å²) in [7, 11) is 0. The van der Waals surface area contributed by atoms with Gasteiger partial charge in [-0.1, -0.05) is 11.6 Å².